The predicted molar refractivity (Wildman–Crippen MR) is 110 cm³/mol. The van der Waals surface area contributed by atoms with Crippen molar-refractivity contribution >= 4 is 58.0 Å². The number of hydrogen-bond acceptors (Lipinski definition) is 4. The van der Waals surface area contributed by atoms with Gasteiger partial charge in [-0.2, -0.15) is 0 Å². The van der Waals surface area contributed by atoms with Crippen LogP contribution < -0.4 is 0 Å². The third-order valence-corrected chi connectivity index (χ3v) is 5.28. The number of rotatable bonds is 6. The van der Waals surface area contributed by atoms with E-state index in [1.54, 1.807) is 36.4 Å². The van der Waals surface area contributed by atoms with Crippen molar-refractivity contribution in [1.82, 2.24) is 15.0 Å². The molecule has 0 unspecified atom stereocenters. The fraction of sp³-hybridized carbons (Fsp3) is 0.158. The number of carbonyl (C=O) groups excluding carboxylic acids is 2. The normalized spacial score (nSPS) is 12.0. The molecular formula is C19H13Cl4N3O2. The van der Waals surface area contributed by atoms with E-state index in [1.807, 2.05) is 0 Å². The molecule has 0 aliphatic rings. The van der Waals surface area contributed by atoms with Crippen molar-refractivity contribution in [3.05, 3.63) is 73.9 Å². The molecule has 0 saturated carbocycles. The van der Waals surface area contributed by atoms with Crippen LogP contribution >= 0.6 is 46.4 Å². The van der Waals surface area contributed by atoms with E-state index < -0.39 is 11.7 Å². The molecule has 3 rings (SSSR count). The number of halogens is 4. The number of benzene rings is 2. The summed E-state index contributed by atoms with van der Waals surface area (Å²) >= 11 is 24.4. The Hall–Kier alpha value is -1.92. The summed E-state index contributed by atoms with van der Waals surface area (Å²) in [6.45, 7) is 1.34. The van der Waals surface area contributed by atoms with Crippen LogP contribution in [0.1, 0.15) is 23.0 Å². The van der Waals surface area contributed by atoms with Crippen LogP contribution in [-0.4, -0.2) is 26.6 Å². The first-order valence-corrected chi connectivity index (χ1v) is 9.64. The fourth-order valence-corrected chi connectivity index (χ4v) is 3.77. The third-order valence-electron chi connectivity index (χ3n) is 4.13. The maximum atomic E-state index is 12.9. The quantitative estimate of drug-likeness (QED) is 0.362. The molecule has 5 nitrogen and oxygen atoms in total. The molecule has 1 aromatic heterocycles. The lowest BCUT2D eigenvalue weighted by Gasteiger charge is -2.13. The van der Waals surface area contributed by atoms with Gasteiger partial charge in [-0.3, -0.25) is 9.59 Å². The lowest BCUT2D eigenvalue weighted by atomic mass is 9.90. The molecule has 0 aliphatic heterocycles. The van der Waals surface area contributed by atoms with E-state index in [4.69, 9.17) is 46.4 Å². The molecule has 2 aromatic carbocycles. The Bertz CT molecular complexity index is 1020. The van der Waals surface area contributed by atoms with Crippen LogP contribution in [0.3, 0.4) is 0 Å². The molecule has 0 radical (unpaired) electrons. The van der Waals surface area contributed by atoms with Gasteiger partial charge < -0.3 is 0 Å². The van der Waals surface area contributed by atoms with Crippen LogP contribution in [-0.2, 0) is 11.2 Å². The first-order valence-electron chi connectivity index (χ1n) is 8.12. The van der Waals surface area contributed by atoms with Crippen LogP contribution in [0.4, 0.5) is 0 Å². The van der Waals surface area contributed by atoms with Crippen molar-refractivity contribution in [2.24, 2.45) is 5.92 Å². The summed E-state index contributed by atoms with van der Waals surface area (Å²) in [6.07, 6.45) is 1.50. The first-order chi connectivity index (χ1) is 13.3. The summed E-state index contributed by atoms with van der Waals surface area (Å²) in [7, 11) is 0. The SMILES string of the molecule is CC(=O)[C@H](Cc1c(Cl)cccc1Cl)C(=O)c1cn(-c2cc(Cl)cc(Cl)c2)nn1. The lowest BCUT2D eigenvalue weighted by molar-refractivity contribution is -0.119. The van der Waals surface area contributed by atoms with Crippen LogP contribution in [0, 0.1) is 5.92 Å². The smallest absolute Gasteiger partial charge is 0.195 e. The van der Waals surface area contributed by atoms with E-state index >= 15 is 0 Å². The number of ketones is 2. The summed E-state index contributed by atoms with van der Waals surface area (Å²) in [4.78, 5) is 25.1. The molecule has 1 heterocycles. The van der Waals surface area contributed by atoms with Gasteiger partial charge in [0.05, 0.1) is 17.8 Å². The molecule has 1 atom stereocenters. The molecule has 0 N–H and O–H groups in total. The van der Waals surface area contributed by atoms with E-state index in [-0.39, 0.29) is 17.9 Å². The van der Waals surface area contributed by atoms with Crippen molar-refractivity contribution in [2.45, 2.75) is 13.3 Å². The number of Topliss-reactive ketones (excluding diaryl/α,β-unsaturated/α-hetero) is 2. The van der Waals surface area contributed by atoms with Gasteiger partial charge in [-0.25, -0.2) is 4.68 Å². The highest BCUT2D eigenvalue weighted by atomic mass is 35.5. The highest BCUT2D eigenvalue weighted by molar-refractivity contribution is 6.36. The van der Waals surface area contributed by atoms with Gasteiger partial charge in [0.1, 0.15) is 11.5 Å². The second kappa shape index (κ2) is 8.62. The summed E-state index contributed by atoms with van der Waals surface area (Å²) in [5.41, 5.74) is 1.12. The Kier molecular flexibility index (Phi) is 6.40. The molecule has 0 fully saturated rings. The zero-order valence-corrected chi connectivity index (χ0v) is 17.5. The zero-order chi connectivity index (χ0) is 20.4. The molecule has 0 bridgehead atoms. The summed E-state index contributed by atoms with van der Waals surface area (Å²) in [5.74, 6) is -1.77. The van der Waals surface area contributed by atoms with E-state index in [0.717, 1.165) is 0 Å². The van der Waals surface area contributed by atoms with E-state index in [0.29, 0.717) is 31.3 Å². The average Bonchev–Trinajstić information content (AvgIpc) is 3.10. The largest absolute Gasteiger partial charge is 0.299 e. The van der Waals surface area contributed by atoms with Crippen LogP contribution in [0.15, 0.2) is 42.6 Å². The van der Waals surface area contributed by atoms with Gasteiger partial charge >= 0.3 is 0 Å². The van der Waals surface area contributed by atoms with Crippen molar-refractivity contribution in [3.8, 4) is 5.69 Å². The lowest BCUT2D eigenvalue weighted by Crippen LogP contribution is -2.25. The Labute approximate surface area is 181 Å². The maximum Gasteiger partial charge on any atom is 0.195 e. The second-order valence-corrected chi connectivity index (χ2v) is 7.80. The highest BCUT2D eigenvalue weighted by Crippen LogP contribution is 2.28. The zero-order valence-electron chi connectivity index (χ0n) is 14.5. The standard InChI is InChI=1S/C19H13Cl4N3O2/c1-10(27)14(8-15-16(22)3-2-4-17(15)23)19(28)18-9-26(25-24-18)13-6-11(20)5-12(21)7-13/h2-7,9,14H,8H2,1H3/t14-/m0/s1. The second-order valence-electron chi connectivity index (χ2n) is 6.11. The predicted octanol–water partition coefficient (Wildman–Crippen LogP) is 5.51. The van der Waals surface area contributed by atoms with Crippen molar-refractivity contribution in [2.75, 3.05) is 0 Å². The van der Waals surface area contributed by atoms with Gasteiger partial charge in [-0.1, -0.05) is 57.7 Å². The Balaban J connectivity index is 1.91. The minimum atomic E-state index is -0.981. The Morgan fingerprint density at radius 2 is 1.64 bits per heavy atom. The molecule has 0 aliphatic carbocycles. The summed E-state index contributed by atoms with van der Waals surface area (Å²) < 4.78 is 1.37. The topological polar surface area (TPSA) is 64.8 Å². The fourth-order valence-electron chi connectivity index (χ4n) is 2.71. The highest BCUT2D eigenvalue weighted by Gasteiger charge is 2.29. The molecule has 3 aromatic rings. The number of carbonyl (C=O) groups is 2. The van der Waals surface area contributed by atoms with Crippen molar-refractivity contribution in [3.63, 3.8) is 0 Å². The minimum Gasteiger partial charge on any atom is -0.299 e. The molecule has 0 amide bonds. The van der Waals surface area contributed by atoms with Gasteiger partial charge in [0, 0.05) is 20.1 Å². The monoisotopic (exact) mass is 455 g/mol. The molecule has 0 saturated heterocycles. The number of nitrogens with zero attached hydrogens (tertiary/aromatic N) is 3. The third kappa shape index (κ3) is 4.55. The first kappa shape index (κ1) is 20.8. The molecule has 28 heavy (non-hydrogen) atoms. The van der Waals surface area contributed by atoms with Crippen LogP contribution in [0.25, 0.3) is 5.69 Å². The molecule has 9 heteroatoms. The number of aromatic nitrogens is 3. The van der Waals surface area contributed by atoms with Gasteiger partial charge in [0.25, 0.3) is 0 Å². The Morgan fingerprint density at radius 1 is 1.04 bits per heavy atom. The maximum absolute atomic E-state index is 12.9. The molecule has 0 spiro atoms. The van der Waals surface area contributed by atoms with Crippen LogP contribution in [0.5, 0.6) is 0 Å². The van der Waals surface area contributed by atoms with E-state index in [2.05, 4.69) is 10.3 Å². The number of hydrogen-bond donors (Lipinski definition) is 0. The van der Waals surface area contributed by atoms with Crippen molar-refractivity contribution < 1.29 is 9.59 Å². The van der Waals surface area contributed by atoms with Crippen LogP contribution in [0.2, 0.25) is 20.1 Å². The van der Waals surface area contributed by atoms with E-state index in [9.17, 15) is 9.59 Å². The summed E-state index contributed by atoms with van der Waals surface area (Å²) in [6, 6.07) is 9.84. The molecule has 144 valence electrons. The minimum absolute atomic E-state index is 0.0412. The summed E-state index contributed by atoms with van der Waals surface area (Å²) in [5, 5.41) is 9.46. The Morgan fingerprint density at radius 3 is 2.21 bits per heavy atom. The van der Waals surface area contributed by atoms with Crippen molar-refractivity contribution in [1.29, 1.82) is 0 Å². The van der Waals surface area contributed by atoms with Gasteiger partial charge in [0.2, 0.25) is 0 Å². The van der Waals surface area contributed by atoms with Gasteiger partial charge in [0.15, 0.2) is 5.78 Å². The van der Waals surface area contributed by atoms with Gasteiger partial charge in [-0.15, -0.1) is 5.10 Å². The average molecular weight is 457 g/mol. The van der Waals surface area contributed by atoms with E-state index in [1.165, 1.54) is 17.8 Å². The van der Waals surface area contributed by atoms with Gasteiger partial charge in [-0.05, 0) is 49.2 Å². The molecular weight excluding hydrogens is 444 g/mol.